The molecular weight excluding hydrogens is 326 g/mol. The average molecular weight is 337 g/mol. The van der Waals surface area contributed by atoms with Crippen molar-refractivity contribution in [2.75, 3.05) is 5.32 Å². The number of hydrogen-bond donors (Lipinski definition) is 3. The highest BCUT2D eigenvalue weighted by molar-refractivity contribution is 5.96. The second kappa shape index (κ2) is 6.59. The van der Waals surface area contributed by atoms with Crippen molar-refractivity contribution < 1.29 is 9.90 Å². The van der Waals surface area contributed by atoms with Crippen molar-refractivity contribution in [1.29, 1.82) is 5.26 Å². The van der Waals surface area contributed by atoms with E-state index in [4.69, 9.17) is 0 Å². The first-order valence-corrected chi connectivity index (χ1v) is 6.93. The van der Waals surface area contributed by atoms with Crippen LogP contribution >= 0.6 is 0 Å². The minimum absolute atomic E-state index is 0.0205. The van der Waals surface area contributed by atoms with Gasteiger partial charge in [0.25, 0.3) is 0 Å². The molecule has 3 aromatic rings. The molecule has 0 bridgehead atoms. The van der Waals surface area contributed by atoms with E-state index in [1.807, 2.05) is 6.07 Å². The lowest BCUT2D eigenvalue weighted by Crippen LogP contribution is -2.07. The third-order valence-electron chi connectivity index (χ3n) is 3.30. The van der Waals surface area contributed by atoms with E-state index in [0.717, 1.165) is 0 Å². The van der Waals surface area contributed by atoms with Gasteiger partial charge >= 0.3 is 5.97 Å². The molecule has 25 heavy (non-hydrogen) atoms. The Hall–Kier alpha value is -4.07. The summed E-state index contributed by atoms with van der Waals surface area (Å²) in [6, 6.07) is 5.13. The van der Waals surface area contributed by atoms with E-state index in [-0.39, 0.29) is 17.0 Å². The van der Waals surface area contributed by atoms with Gasteiger partial charge in [-0.05, 0) is 29.8 Å². The number of nitriles is 1. The summed E-state index contributed by atoms with van der Waals surface area (Å²) in [4.78, 5) is 15.5. The van der Waals surface area contributed by atoms with Crippen molar-refractivity contribution in [3.8, 4) is 11.8 Å². The minimum atomic E-state index is -1.13. The normalized spacial score (nSPS) is 11.1. The Morgan fingerprint density at radius 2 is 2.32 bits per heavy atom. The van der Waals surface area contributed by atoms with E-state index < -0.39 is 5.97 Å². The lowest BCUT2D eigenvalue weighted by atomic mass is 10.1. The van der Waals surface area contributed by atoms with Crippen LogP contribution in [0.4, 0.5) is 5.69 Å². The highest BCUT2D eigenvalue weighted by atomic mass is 16.4. The lowest BCUT2D eigenvalue weighted by Gasteiger charge is -2.12. The number of aromatic carboxylic acids is 1. The van der Waals surface area contributed by atoms with Gasteiger partial charge in [0, 0.05) is 6.20 Å². The maximum atomic E-state index is 11.6. The Morgan fingerprint density at radius 1 is 1.48 bits per heavy atom. The number of nitrogens with one attached hydrogen (secondary N) is 2. The van der Waals surface area contributed by atoms with E-state index in [0.29, 0.717) is 16.9 Å². The molecule has 0 saturated heterocycles. The largest absolute Gasteiger partial charge is 0.478 e. The number of benzene rings is 1. The number of hydrogen-bond acceptors (Lipinski definition) is 8. The van der Waals surface area contributed by atoms with Crippen molar-refractivity contribution in [1.82, 2.24) is 35.4 Å². The lowest BCUT2D eigenvalue weighted by molar-refractivity contribution is 0.0698. The van der Waals surface area contributed by atoms with E-state index in [1.165, 1.54) is 29.6 Å². The molecule has 0 amide bonds. The number of anilines is 1. The van der Waals surface area contributed by atoms with E-state index in [2.05, 4.69) is 36.0 Å². The average Bonchev–Trinajstić information content (AvgIpc) is 3.29. The zero-order chi connectivity index (χ0) is 17.8. The maximum absolute atomic E-state index is 11.6. The number of allylic oxidation sites excluding steroid dienone is 1. The van der Waals surface area contributed by atoms with Gasteiger partial charge in [-0.3, -0.25) is 0 Å². The monoisotopic (exact) mass is 337 g/mol. The number of rotatable bonds is 5. The van der Waals surface area contributed by atoms with Crippen LogP contribution in [0, 0.1) is 18.3 Å². The fourth-order valence-electron chi connectivity index (χ4n) is 2.17. The Bertz CT molecular complexity index is 969. The van der Waals surface area contributed by atoms with Gasteiger partial charge in [-0.15, -0.1) is 10.2 Å². The molecule has 124 valence electrons. The molecule has 11 nitrogen and oxygen atoms in total. The number of H-pyrrole nitrogens is 1. The van der Waals surface area contributed by atoms with Gasteiger partial charge in [0.15, 0.2) is 0 Å². The van der Waals surface area contributed by atoms with Crippen LogP contribution in [0.5, 0.6) is 0 Å². The van der Waals surface area contributed by atoms with Crippen molar-refractivity contribution in [2.24, 2.45) is 0 Å². The molecule has 2 heterocycles. The summed E-state index contributed by atoms with van der Waals surface area (Å²) in [5.41, 5.74) is 1.66. The molecule has 0 aliphatic rings. The van der Waals surface area contributed by atoms with Crippen LogP contribution in [0.2, 0.25) is 0 Å². The number of aromatic nitrogens is 7. The van der Waals surface area contributed by atoms with Crippen molar-refractivity contribution in [3.05, 3.63) is 47.9 Å². The molecule has 0 fully saturated rings. The second-order valence-corrected chi connectivity index (χ2v) is 4.88. The first-order valence-electron chi connectivity index (χ1n) is 6.93. The summed E-state index contributed by atoms with van der Waals surface area (Å²) in [5, 5.41) is 38.6. The molecular formula is C14H11N9O2. The predicted molar refractivity (Wildman–Crippen MR) is 84.4 cm³/mol. The number of carboxylic acid groups (broad SMARTS) is 1. The molecule has 0 unspecified atom stereocenters. The third kappa shape index (κ3) is 3.17. The highest BCUT2D eigenvalue weighted by Gasteiger charge is 2.15. The SMILES string of the molecule is Cc1cc(-n2cncn2)cc(C(=O)O)c1NC=C(C#N)c1nn[nH]n1. The fraction of sp³-hybridized carbons (Fsp3) is 0.0714. The molecule has 0 saturated carbocycles. The molecule has 0 radical (unpaired) electrons. The number of aryl methyl sites for hydroxylation is 1. The molecule has 0 spiro atoms. The van der Waals surface area contributed by atoms with Gasteiger partial charge in [-0.25, -0.2) is 14.5 Å². The molecule has 0 aliphatic heterocycles. The van der Waals surface area contributed by atoms with Crippen LogP contribution in [0.15, 0.2) is 31.0 Å². The Labute approximate surface area is 140 Å². The Morgan fingerprint density at radius 3 is 2.92 bits per heavy atom. The smallest absolute Gasteiger partial charge is 0.337 e. The van der Waals surface area contributed by atoms with Gasteiger partial charge in [-0.2, -0.15) is 15.6 Å². The minimum Gasteiger partial charge on any atom is -0.478 e. The first-order chi connectivity index (χ1) is 12.1. The second-order valence-electron chi connectivity index (χ2n) is 4.88. The Kier molecular flexibility index (Phi) is 4.17. The van der Waals surface area contributed by atoms with Gasteiger partial charge in [0.2, 0.25) is 5.82 Å². The number of carboxylic acids is 1. The zero-order valence-electron chi connectivity index (χ0n) is 12.9. The number of carbonyl (C=O) groups is 1. The van der Waals surface area contributed by atoms with E-state index >= 15 is 0 Å². The van der Waals surface area contributed by atoms with Crippen LogP contribution < -0.4 is 5.32 Å². The highest BCUT2D eigenvalue weighted by Crippen LogP contribution is 2.25. The van der Waals surface area contributed by atoms with Crippen LogP contribution in [-0.2, 0) is 0 Å². The quantitative estimate of drug-likeness (QED) is 0.571. The summed E-state index contributed by atoms with van der Waals surface area (Å²) < 4.78 is 1.46. The molecule has 3 N–H and O–H groups in total. The standard InChI is InChI=1S/C14H11N9O2/c1-8-2-10(23-7-16-6-18-23)3-11(14(24)25)12(8)17-5-9(4-15)13-19-21-22-20-13/h2-3,5-7,17H,1H3,(H,24,25)(H,19,20,21,22). The topological polar surface area (TPSA) is 158 Å². The zero-order valence-corrected chi connectivity index (χ0v) is 12.9. The number of aromatic amines is 1. The number of tetrazole rings is 1. The van der Waals surface area contributed by atoms with Crippen LogP contribution in [0.3, 0.4) is 0 Å². The fourth-order valence-corrected chi connectivity index (χ4v) is 2.17. The molecule has 2 aromatic heterocycles. The third-order valence-corrected chi connectivity index (χ3v) is 3.30. The van der Waals surface area contributed by atoms with Gasteiger partial charge < -0.3 is 10.4 Å². The molecule has 0 aliphatic carbocycles. The van der Waals surface area contributed by atoms with E-state index in [9.17, 15) is 15.2 Å². The molecule has 1 aromatic carbocycles. The predicted octanol–water partition coefficient (Wildman–Crippen LogP) is 0.764. The summed E-state index contributed by atoms with van der Waals surface area (Å²) in [6.07, 6.45) is 4.15. The van der Waals surface area contributed by atoms with Crippen molar-refractivity contribution >= 4 is 17.2 Å². The summed E-state index contributed by atoms with van der Waals surface area (Å²) in [5.74, 6) is -1.03. The molecule has 3 rings (SSSR count). The van der Waals surface area contributed by atoms with Crippen LogP contribution in [0.1, 0.15) is 21.7 Å². The van der Waals surface area contributed by atoms with Crippen LogP contribution in [0.25, 0.3) is 11.3 Å². The summed E-state index contributed by atoms with van der Waals surface area (Å²) in [7, 11) is 0. The molecule has 0 atom stereocenters. The first kappa shape index (κ1) is 15.8. The van der Waals surface area contributed by atoms with Gasteiger partial charge in [0.1, 0.15) is 24.3 Å². The summed E-state index contributed by atoms with van der Waals surface area (Å²) >= 11 is 0. The van der Waals surface area contributed by atoms with Crippen LogP contribution in [-0.4, -0.2) is 46.5 Å². The Balaban J connectivity index is 2.01. The van der Waals surface area contributed by atoms with Crippen molar-refractivity contribution in [2.45, 2.75) is 6.92 Å². The molecule has 11 heteroatoms. The van der Waals surface area contributed by atoms with Crippen molar-refractivity contribution in [3.63, 3.8) is 0 Å². The van der Waals surface area contributed by atoms with Gasteiger partial charge in [-0.1, -0.05) is 0 Å². The maximum Gasteiger partial charge on any atom is 0.337 e. The van der Waals surface area contributed by atoms with E-state index in [1.54, 1.807) is 13.0 Å². The number of nitrogens with zero attached hydrogens (tertiary/aromatic N) is 7. The van der Waals surface area contributed by atoms with Gasteiger partial charge in [0.05, 0.1) is 16.9 Å². The summed E-state index contributed by atoms with van der Waals surface area (Å²) in [6.45, 7) is 1.74.